The zero-order valence-corrected chi connectivity index (χ0v) is 17.9. The maximum absolute atomic E-state index is 13.3. The van der Waals surface area contributed by atoms with Crippen molar-refractivity contribution >= 4 is 39.0 Å². The van der Waals surface area contributed by atoms with Crippen LogP contribution in [0.4, 0.5) is 0 Å². The second-order valence-electron chi connectivity index (χ2n) is 6.26. The molecule has 0 aromatic heterocycles. The monoisotopic (exact) mass is 444 g/mol. The average molecular weight is 445 g/mol. The summed E-state index contributed by atoms with van der Waals surface area (Å²) in [5, 5.41) is 3.90. The zero-order valence-electron chi connectivity index (χ0n) is 15.5. The number of nitrogens with one attached hydrogen (secondary N) is 1. The Labute approximate surface area is 173 Å². The van der Waals surface area contributed by atoms with Crippen LogP contribution in [0.3, 0.4) is 0 Å². The first-order valence-electron chi connectivity index (χ1n) is 8.71. The molecule has 27 heavy (non-hydrogen) atoms. The van der Waals surface area contributed by atoms with Gasteiger partial charge in [-0.05, 0) is 59.7 Å². The number of halogens is 1. The van der Waals surface area contributed by atoms with Crippen LogP contribution >= 0.6 is 28.1 Å². The second-order valence-corrected chi connectivity index (χ2v) is 7.50. The Morgan fingerprint density at radius 3 is 2.59 bits per heavy atom. The maximum Gasteiger partial charge on any atom is 0.193 e. The molecule has 1 N–H and O–H groups in total. The van der Waals surface area contributed by atoms with Gasteiger partial charge in [0.1, 0.15) is 5.75 Å². The van der Waals surface area contributed by atoms with Gasteiger partial charge >= 0.3 is 0 Å². The number of Topliss-reactive ketones (excluding diaryl/α,β-unsaturated/α-hetero) is 1. The van der Waals surface area contributed by atoms with Gasteiger partial charge in [-0.1, -0.05) is 36.4 Å². The zero-order chi connectivity index (χ0) is 19.6. The van der Waals surface area contributed by atoms with E-state index in [1.54, 1.807) is 0 Å². The summed E-state index contributed by atoms with van der Waals surface area (Å²) in [6.07, 6.45) is 0. The van der Waals surface area contributed by atoms with Gasteiger partial charge in [0.05, 0.1) is 17.1 Å². The van der Waals surface area contributed by atoms with Crippen molar-refractivity contribution in [3.63, 3.8) is 0 Å². The highest BCUT2D eigenvalue weighted by Crippen LogP contribution is 2.35. The molecule has 1 atom stereocenters. The fourth-order valence-electron chi connectivity index (χ4n) is 3.09. The van der Waals surface area contributed by atoms with Gasteiger partial charge in [-0.15, -0.1) is 0 Å². The minimum Gasteiger partial charge on any atom is -0.493 e. The molecule has 1 heterocycles. The molecule has 4 nitrogen and oxygen atoms in total. The number of rotatable bonds is 5. The van der Waals surface area contributed by atoms with Crippen molar-refractivity contribution < 1.29 is 9.53 Å². The molecule has 0 saturated carbocycles. The molecule has 0 bridgehead atoms. The van der Waals surface area contributed by atoms with Crippen molar-refractivity contribution in [2.75, 3.05) is 13.7 Å². The van der Waals surface area contributed by atoms with E-state index in [1.165, 1.54) is 0 Å². The van der Waals surface area contributed by atoms with Crippen molar-refractivity contribution in [3.8, 4) is 5.75 Å². The predicted molar refractivity (Wildman–Crippen MR) is 115 cm³/mol. The van der Waals surface area contributed by atoms with Crippen LogP contribution in [-0.2, 0) is 0 Å². The van der Waals surface area contributed by atoms with Crippen LogP contribution in [0.25, 0.3) is 0 Å². The molecular formula is C21H21BrN2O2S. The van der Waals surface area contributed by atoms with Gasteiger partial charge in [0.15, 0.2) is 10.9 Å². The number of carbonyl (C=O) groups is 1. The Hall–Kier alpha value is -2.18. The van der Waals surface area contributed by atoms with E-state index in [0.717, 1.165) is 21.5 Å². The van der Waals surface area contributed by atoms with Crippen LogP contribution in [0, 0.1) is 0 Å². The number of carbonyl (C=O) groups excluding carboxylic acids is 1. The van der Waals surface area contributed by atoms with E-state index in [1.807, 2.05) is 74.3 Å². The lowest BCUT2D eigenvalue weighted by atomic mass is 9.89. The third-order valence-electron chi connectivity index (χ3n) is 4.62. The van der Waals surface area contributed by atoms with Crippen LogP contribution in [0.1, 0.15) is 35.8 Å². The van der Waals surface area contributed by atoms with E-state index in [9.17, 15) is 4.79 Å². The minimum absolute atomic E-state index is 0.00930. The van der Waals surface area contributed by atoms with Gasteiger partial charge in [0, 0.05) is 23.9 Å². The molecule has 0 fully saturated rings. The summed E-state index contributed by atoms with van der Waals surface area (Å²) in [6, 6.07) is 14.8. The average Bonchev–Trinajstić information content (AvgIpc) is 2.68. The summed E-state index contributed by atoms with van der Waals surface area (Å²) in [6.45, 7) is 4.46. The van der Waals surface area contributed by atoms with Gasteiger partial charge in [-0.3, -0.25) is 4.79 Å². The quantitative estimate of drug-likeness (QED) is 0.526. The molecule has 0 saturated heterocycles. The Morgan fingerprint density at radius 1 is 1.26 bits per heavy atom. The Bertz CT molecular complexity index is 912. The smallest absolute Gasteiger partial charge is 0.193 e. The molecule has 2 aromatic carbocycles. The molecule has 1 aliphatic heterocycles. The van der Waals surface area contributed by atoms with E-state index in [2.05, 4.69) is 21.2 Å². The summed E-state index contributed by atoms with van der Waals surface area (Å²) in [7, 11) is 1.87. The van der Waals surface area contributed by atoms with E-state index in [4.69, 9.17) is 17.0 Å². The lowest BCUT2D eigenvalue weighted by Gasteiger charge is -2.36. The molecule has 3 rings (SSSR count). The summed E-state index contributed by atoms with van der Waals surface area (Å²) in [5.74, 6) is 0.762. The number of allylic oxidation sites excluding steroid dienone is 1. The number of nitrogens with zero attached hydrogens (tertiary/aromatic N) is 1. The normalized spacial score (nSPS) is 17.0. The molecule has 0 amide bonds. The molecular weight excluding hydrogens is 424 g/mol. The van der Waals surface area contributed by atoms with Crippen LogP contribution in [0.2, 0.25) is 0 Å². The summed E-state index contributed by atoms with van der Waals surface area (Å²) >= 11 is 9.03. The highest BCUT2D eigenvalue weighted by Gasteiger charge is 2.33. The number of benzene rings is 2. The van der Waals surface area contributed by atoms with Crippen LogP contribution in [0.15, 0.2) is 64.3 Å². The molecule has 140 valence electrons. The topological polar surface area (TPSA) is 41.6 Å². The number of ketones is 1. The van der Waals surface area contributed by atoms with Crippen molar-refractivity contribution in [1.82, 2.24) is 10.2 Å². The fourth-order valence-corrected chi connectivity index (χ4v) is 3.86. The van der Waals surface area contributed by atoms with Gasteiger partial charge in [0.25, 0.3) is 0 Å². The Kier molecular flexibility index (Phi) is 5.97. The predicted octanol–water partition coefficient (Wildman–Crippen LogP) is 4.87. The summed E-state index contributed by atoms with van der Waals surface area (Å²) < 4.78 is 6.45. The van der Waals surface area contributed by atoms with E-state index in [0.29, 0.717) is 22.9 Å². The lowest BCUT2D eigenvalue weighted by molar-refractivity contribution is 0.102. The molecule has 0 spiro atoms. The first-order chi connectivity index (χ1) is 12.9. The van der Waals surface area contributed by atoms with Crippen molar-refractivity contribution in [2.24, 2.45) is 0 Å². The molecule has 1 aliphatic rings. The standard InChI is InChI=1S/C21H21BrN2O2S/c1-4-26-17-11-10-15(12-16(17)22)19-18(13(2)24(3)21(27)23-19)20(25)14-8-6-5-7-9-14/h5-12,19H,4H2,1-3H3,(H,23,27). The van der Waals surface area contributed by atoms with Gasteiger partial charge < -0.3 is 15.0 Å². The second kappa shape index (κ2) is 8.23. The number of hydrogen-bond acceptors (Lipinski definition) is 3. The number of hydrogen-bond donors (Lipinski definition) is 1. The summed E-state index contributed by atoms with van der Waals surface area (Å²) in [4.78, 5) is 15.1. The third-order valence-corrected chi connectivity index (χ3v) is 5.64. The van der Waals surface area contributed by atoms with E-state index >= 15 is 0 Å². The SMILES string of the molecule is CCOc1ccc(C2NC(=S)N(C)C(C)=C2C(=O)c2ccccc2)cc1Br. The fraction of sp³-hybridized carbons (Fsp3) is 0.238. The first-order valence-corrected chi connectivity index (χ1v) is 9.91. The molecule has 0 aliphatic carbocycles. The summed E-state index contributed by atoms with van der Waals surface area (Å²) in [5.41, 5.74) is 3.14. The highest BCUT2D eigenvalue weighted by molar-refractivity contribution is 9.10. The van der Waals surface area contributed by atoms with E-state index in [-0.39, 0.29) is 11.8 Å². The van der Waals surface area contributed by atoms with Crippen molar-refractivity contribution in [1.29, 1.82) is 0 Å². The third kappa shape index (κ3) is 3.92. The van der Waals surface area contributed by atoms with Crippen LogP contribution < -0.4 is 10.1 Å². The van der Waals surface area contributed by atoms with Crippen molar-refractivity contribution in [3.05, 3.63) is 75.4 Å². The van der Waals surface area contributed by atoms with Crippen LogP contribution in [-0.4, -0.2) is 29.5 Å². The minimum atomic E-state index is -0.326. The van der Waals surface area contributed by atoms with Gasteiger partial charge in [-0.25, -0.2) is 0 Å². The lowest BCUT2D eigenvalue weighted by Crippen LogP contribution is -2.45. The number of thiocarbonyl (C=S) groups is 1. The number of ether oxygens (including phenoxy) is 1. The van der Waals surface area contributed by atoms with Gasteiger partial charge in [-0.2, -0.15) is 0 Å². The van der Waals surface area contributed by atoms with Crippen LogP contribution in [0.5, 0.6) is 5.75 Å². The largest absolute Gasteiger partial charge is 0.493 e. The molecule has 6 heteroatoms. The molecule has 0 radical (unpaired) electrons. The van der Waals surface area contributed by atoms with Crippen molar-refractivity contribution in [2.45, 2.75) is 19.9 Å². The molecule has 2 aromatic rings. The Morgan fingerprint density at radius 2 is 1.96 bits per heavy atom. The van der Waals surface area contributed by atoms with E-state index < -0.39 is 0 Å². The first kappa shape index (κ1) is 19.6. The molecule has 1 unspecified atom stereocenters. The highest BCUT2D eigenvalue weighted by atomic mass is 79.9. The maximum atomic E-state index is 13.3. The van der Waals surface area contributed by atoms with Gasteiger partial charge in [0.2, 0.25) is 0 Å². The Balaban J connectivity index is 2.08.